The molecule has 1 nitrogen and oxygen atoms in total. The lowest BCUT2D eigenvalue weighted by atomic mass is 9.68. The molecule has 2 aliphatic rings. The van der Waals surface area contributed by atoms with Gasteiger partial charge < -0.3 is 0 Å². The maximum absolute atomic E-state index is 11.5. The van der Waals surface area contributed by atoms with E-state index in [1.807, 2.05) is 0 Å². The Morgan fingerprint density at radius 3 is 2.92 bits per heavy atom. The molecular formula is C11H16O. The Balaban J connectivity index is 2.27. The van der Waals surface area contributed by atoms with Crippen LogP contribution in [0.15, 0.2) is 12.7 Å². The van der Waals surface area contributed by atoms with Gasteiger partial charge in [-0.15, -0.1) is 6.58 Å². The van der Waals surface area contributed by atoms with Crippen LogP contribution in [0.25, 0.3) is 0 Å². The molecule has 0 N–H and O–H groups in total. The van der Waals surface area contributed by atoms with Crippen LogP contribution in [0, 0.1) is 11.3 Å². The largest absolute Gasteiger partial charge is 0.299 e. The highest BCUT2D eigenvalue weighted by Gasteiger charge is 2.46. The summed E-state index contributed by atoms with van der Waals surface area (Å²) in [6, 6.07) is 0. The van der Waals surface area contributed by atoms with Crippen LogP contribution in [-0.4, -0.2) is 5.78 Å². The van der Waals surface area contributed by atoms with E-state index < -0.39 is 0 Å². The normalized spacial score (nSPS) is 41.0. The molecule has 2 aliphatic carbocycles. The summed E-state index contributed by atoms with van der Waals surface area (Å²) in [6.45, 7) is 3.90. The molecule has 0 radical (unpaired) electrons. The minimum absolute atomic E-state index is 0.218. The van der Waals surface area contributed by atoms with E-state index >= 15 is 0 Å². The third-order valence-electron chi connectivity index (χ3n) is 3.71. The summed E-state index contributed by atoms with van der Waals surface area (Å²) in [5, 5.41) is 0. The fourth-order valence-corrected chi connectivity index (χ4v) is 2.92. The molecule has 2 saturated carbocycles. The molecule has 0 saturated heterocycles. The first-order valence-electron chi connectivity index (χ1n) is 4.95. The number of Topliss-reactive ketones (excluding diaryl/α,β-unsaturated/α-hetero) is 1. The number of hydrogen-bond acceptors (Lipinski definition) is 1. The fourth-order valence-electron chi connectivity index (χ4n) is 2.92. The Labute approximate surface area is 73.8 Å². The second-order valence-corrected chi connectivity index (χ2v) is 4.20. The average Bonchev–Trinajstić information content (AvgIpc) is 2.46. The fraction of sp³-hybridized carbons (Fsp3) is 0.727. The third-order valence-corrected chi connectivity index (χ3v) is 3.71. The van der Waals surface area contributed by atoms with Crippen LogP contribution in [0.3, 0.4) is 0 Å². The van der Waals surface area contributed by atoms with E-state index in [0.717, 1.165) is 19.3 Å². The van der Waals surface area contributed by atoms with Gasteiger partial charge in [0.25, 0.3) is 0 Å². The van der Waals surface area contributed by atoms with Gasteiger partial charge >= 0.3 is 0 Å². The van der Waals surface area contributed by atoms with E-state index in [9.17, 15) is 4.79 Å². The van der Waals surface area contributed by atoms with Crippen molar-refractivity contribution in [2.45, 2.75) is 38.5 Å². The van der Waals surface area contributed by atoms with Gasteiger partial charge in [-0.3, -0.25) is 4.79 Å². The van der Waals surface area contributed by atoms with E-state index in [4.69, 9.17) is 0 Å². The zero-order chi connectivity index (χ0) is 8.60. The second-order valence-electron chi connectivity index (χ2n) is 4.20. The summed E-state index contributed by atoms with van der Waals surface area (Å²) >= 11 is 0. The topological polar surface area (TPSA) is 17.1 Å². The SMILES string of the molecule is C=CC12CCCCC1C(=O)CC2. The van der Waals surface area contributed by atoms with Crippen molar-refractivity contribution in [3.8, 4) is 0 Å². The van der Waals surface area contributed by atoms with Crippen LogP contribution < -0.4 is 0 Å². The summed E-state index contributed by atoms with van der Waals surface area (Å²) in [7, 11) is 0. The average molecular weight is 164 g/mol. The highest BCUT2D eigenvalue weighted by molar-refractivity contribution is 5.84. The Morgan fingerprint density at radius 2 is 2.25 bits per heavy atom. The van der Waals surface area contributed by atoms with Gasteiger partial charge in [-0.1, -0.05) is 18.9 Å². The monoisotopic (exact) mass is 164 g/mol. The van der Waals surface area contributed by atoms with E-state index in [1.165, 1.54) is 19.3 Å². The van der Waals surface area contributed by atoms with Crippen molar-refractivity contribution < 1.29 is 4.79 Å². The molecule has 0 aromatic rings. The maximum Gasteiger partial charge on any atom is 0.136 e. The maximum atomic E-state index is 11.5. The molecule has 2 fully saturated rings. The smallest absolute Gasteiger partial charge is 0.136 e. The summed E-state index contributed by atoms with van der Waals surface area (Å²) in [6.07, 6.45) is 8.78. The molecular weight excluding hydrogens is 148 g/mol. The van der Waals surface area contributed by atoms with Gasteiger partial charge in [-0.2, -0.15) is 0 Å². The van der Waals surface area contributed by atoms with Crippen molar-refractivity contribution in [3.63, 3.8) is 0 Å². The number of fused-ring (bicyclic) bond motifs is 1. The molecule has 0 aromatic heterocycles. The predicted molar refractivity (Wildman–Crippen MR) is 48.8 cm³/mol. The highest BCUT2D eigenvalue weighted by Crippen LogP contribution is 2.51. The molecule has 12 heavy (non-hydrogen) atoms. The standard InChI is InChI=1S/C11H16O/c1-2-11-7-4-3-5-9(11)10(12)6-8-11/h2,9H,1,3-8H2. The lowest BCUT2D eigenvalue weighted by molar-refractivity contribution is -0.122. The molecule has 0 spiro atoms. The van der Waals surface area contributed by atoms with Crippen molar-refractivity contribution in [2.24, 2.45) is 11.3 Å². The van der Waals surface area contributed by atoms with Crippen LogP contribution in [0.5, 0.6) is 0 Å². The van der Waals surface area contributed by atoms with E-state index in [0.29, 0.717) is 11.7 Å². The summed E-state index contributed by atoms with van der Waals surface area (Å²) in [5.74, 6) is 0.832. The van der Waals surface area contributed by atoms with Crippen LogP contribution in [0.2, 0.25) is 0 Å². The first kappa shape index (κ1) is 8.03. The van der Waals surface area contributed by atoms with Gasteiger partial charge in [0.2, 0.25) is 0 Å². The minimum Gasteiger partial charge on any atom is -0.299 e. The van der Waals surface area contributed by atoms with Crippen LogP contribution in [-0.2, 0) is 4.79 Å². The number of allylic oxidation sites excluding steroid dienone is 1. The van der Waals surface area contributed by atoms with Crippen molar-refractivity contribution >= 4 is 5.78 Å². The van der Waals surface area contributed by atoms with Crippen molar-refractivity contribution in [2.75, 3.05) is 0 Å². The number of carbonyl (C=O) groups excluding carboxylic acids is 1. The van der Waals surface area contributed by atoms with Gasteiger partial charge in [0.05, 0.1) is 0 Å². The Morgan fingerprint density at radius 1 is 1.42 bits per heavy atom. The molecule has 0 aliphatic heterocycles. The van der Waals surface area contributed by atoms with Crippen molar-refractivity contribution in [1.29, 1.82) is 0 Å². The Bertz CT molecular complexity index is 219. The van der Waals surface area contributed by atoms with Gasteiger partial charge in [0.15, 0.2) is 0 Å². The predicted octanol–water partition coefficient (Wildman–Crippen LogP) is 2.71. The van der Waals surface area contributed by atoms with E-state index in [2.05, 4.69) is 12.7 Å². The molecule has 1 heteroatoms. The Hall–Kier alpha value is -0.590. The quantitative estimate of drug-likeness (QED) is 0.544. The molecule has 2 unspecified atom stereocenters. The number of carbonyl (C=O) groups is 1. The second kappa shape index (κ2) is 2.72. The molecule has 66 valence electrons. The van der Waals surface area contributed by atoms with Gasteiger partial charge in [-0.05, 0) is 24.7 Å². The van der Waals surface area contributed by atoms with E-state index in [-0.39, 0.29) is 5.41 Å². The lowest BCUT2D eigenvalue weighted by Crippen LogP contribution is -2.29. The lowest BCUT2D eigenvalue weighted by Gasteiger charge is -2.35. The van der Waals surface area contributed by atoms with E-state index in [1.54, 1.807) is 0 Å². The summed E-state index contributed by atoms with van der Waals surface area (Å²) in [5.41, 5.74) is 0.218. The molecule has 0 heterocycles. The Kier molecular flexibility index (Phi) is 1.82. The third kappa shape index (κ3) is 0.954. The summed E-state index contributed by atoms with van der Waals surface area (Å²) in [4.78, 5) is 11.5. The highest BCUT2D eigenvalue weighted by atomic mass is 16.1. The molecule has 0 aromatic carbocycles. The van der Waals surface area contributed by atoms with Gasteiger partial charge in [-0.25, -0.2) is 0 Å². The molecule has 2 atom stereocenters. The minimum atomic E-state index is 0.218. The van der Waals surface area contributed by atoms with Crippen molar-refractivity contribution in [3.05, 3.63) is 12.7 Å². The first-order valence-corrected chi connectivity index (χ1v) is 4.95. The van der Waals surface area contributed by atoms with Crippen LogP contribution >= 0.6 is 0 Å². The molecule has 0 amide bonds. The number of ketones is 1. The zero-order valence-electron chi connectivity index (χ0n) is 7.51. The first-order chi connectivity index (χ1) is 5.78. The molecule has 0 bridgehead atoms. The zero-order valence-corrected chi connectivity index (χ0v) is 7.51. The number of rotatable bonds is 1. The number of hydrogen-bond donors (Lipinski definition) is 0. The van der Waals surface area contributed by atoms with Gasteiger partial charge in [0.1, 0.15) is 5.78 Å². The van der Waals surface area contributed by atoms with Crippen LogP contribution in [0.4, 0.5) is 0 Å². The van der Waals surface area contributed by atoms with Gasteiger partial charge in [0, 0.05) is 12.3 Å². The summed E-state index contributed by atoms with van der Waals surface area (Å²) < 4.78 is 0. The molecule has 2 rings (SSSR count). The van der Waals surface area contributed by atoms with Crippen LogP contribution in [0.1, 0.15) is 38.5 Å². The van der Waals surface area contributed by atoms with Crippen molar-refractivity contribution in [1.82, 2.24) is 0 Å².